The van der Waals surface area contributed by atoms with Gasteiger partial charge in [0, 0.05) is 0 Å². The van der Waals surface area contributed by atoms with Crippen LogP contribution in [0.4, 0.5) is 0 Å². The Morgan fingerprint density at radius 3 is 1.39 bits per heavy atom. The van der Waals surface area contributed by atoms with Crippen LogP contribution in [0.3, 0.4) is 0 Å². The molecule has 0 saturated heterocycles. The molecular formula is C28H48. The van der Waals surface area contributed by atoms with Gasteiger partial charge in [0.25, 0.3) is 0 Å². The Balaban J connectivity index is 1.55. The fourth-order valence-electron chi connectivity index (χ4n) is 6.93. The topological polar surface area (TPSA) is 0 Å². The summed E-state index contributed by atoms with van der Waals surface area (Å²) in [5.41, 5.74) is 3.30. The van der Waals surface area contributed by atoms with Gasteiger partial charge in [0.2, 0.25) is 0 Å². The van der Waals surface area contributed by atoms with Crippen molar-refractivity contribution in [2.45, 2.75) is 105 Å². The van der Waals surface area contributed by atoms with E-state index in [1.54, 1.807) is 11.1 Å². The molecule has 0 nitrogen and oxygen atoms in total. The molecule has 3 aliphatic rings. The van der Waals surface area contributed by atoms with E-state index < -0.39 is 0 Å². The van der Waals surface area contributed by atoms with Gasteiger partial charge in [-0.15, -0.1) is 0 Å². The first-order valence-corrected chi connectivity index (χ1v) is 12.7. The van der Waals surface area contributed by atoms with E-state index in [1.165, 1.54) is 77.0 Å². The van der Waals surface area contributed by atoms with Crippen LogP contribution in [0.15, 0.2) is 24.3 Å². The zero-order valence-electron chi connectivity index (χ0n) is 19.5. The molecule has 0 N–H and O–H groups in total. The summed E-state index contributed by atoms with van der Waals surface area (Å²) >= 11 is 0. The van der Waals surface area contributed by atoms with Crippen LogP contribution in [0.5, 0.6) is 0 Å². The van der Waals surface area contributed by atoms with Gasteiger partial charge >= 0.3 is 0 Å². The molecule has 0 aromatic heterocycles. The molecule has 3 aliphatic carbocycles. The number of rotatable bonds is 8. The zero-order valence-corrected chi connectivity index (χ0v) is 19.5. The molecule has 0 heteroatoms. The van der Waals surface area contributed by atoms with Crippen molar-refractivity contribution in [2.75, 3.05) is 0 Å². The molecule has 0 amide bonds. The molecule has 160 valence electrons. The van der Waals surface area contributed by atoms with Crippen molar-refractivity contribution >= 4 is 0 Å². The molecule has 6 unspecified atom stereocenters. The first kappa shape index (κ1) is 22.2. The number of hydrogen-bond acceptors (Lipinski definition) is 0. The number of hydrogen-bond donors (Lipinski definition) is 0. The SMILES string of the molecule is C=C1C2CCC(CCCC(C)C)CC2C(=C)C2CCC(CCCC(C)C)CC12. The van der Waals surface area contributed by atoms with Crippen molar-refractivity contribution in [3.63, 3.8) is 0 Å². The van der Waals surface area contributed by atoms with Crippen LogP contribution in [0, 0.1) is 47.3 Å². The van der Waals surface area contributed by atoms with Gasteiger partial charge in [-0.1, -0.05) is 90.5 Å². The Morgan fingerprint density at radius 1 is 0.643 bits per heavy atom. The van der Waals surface area contributed by atoms with E-state index in [2.05, 4.69) is 27.7 Å². The molecule has 0 aromatic carbocycles. The minimum atomic E-state index is 0.768. The summed E-state index contributed by atoms with van der Waals surface area (Å²) in [5, 5.41) is 0. The Hall–Kier alpha value is -0.520. The van der Waals surface area contributed by atoms with Crippen molar-refractivity contribution in [1.29, 1.82) is 0 Å². The average Bonchev–Trinajstić information content (AvgIpc) is 2.65. The van der Waals surface area contributed by atoms with Gasteiger partial charge in [0.1, 0.15) is 0 Å². The van der Waals surface area contributed by atoms with E-state index >= 15 is 0 Å². The minimum Gasteiger partial charge on any atom is -0.0993 e. The van der Waals surface area contributed by atoms with Gasteiger partial charge in [0.15, 0.2) is 0 Å². The fourth-order valence-corrected chi connectivity index (χ4v) is 6.93. The standard InChI is InChI=1S/C28H48/c1-19(2)9-7-11-23-13-15-25-22(6)28-18-24(12-8-10-20(3)4)14-16-26(28)21(5)27(25)17-23/h19-20,23-28H,5-18H2,1-4H3. The van der Waals surface area contributed by atoms with Crippen molar-refractivity contribution in [2.24, 2.45) is 47.3 Å². The number of allylic oxidation sites excluding steroid dienone is 2. The van der Waals surface area contributed by atoms with Crippen LogP contribution in [-0.4, -0.2) is 0 Å². The van der Waals surface area contributed by atoms with Crippen molar-refractivity contribution in [3.8, 4) is 0 Å². The molecule has 3 saturated carbocycles. The zero-order chi connectivity index (χ0) is 20.3. The lowest BCUT2D eigenvalue weighted by Gasteiger charge is -2.52. The summed E-state index contributed by atoms with van der Waals surface area (Å²) in [6.07, 6.45) is 17.1. The summed E-state index contributed by atoms with van der Waals surface area (Å²) in [5.74, 6) is 6.69. The molecule has 6 atom stereocenters. The molecule has 0 radical (unpaired) electrons. The average molecular weight is 385 g/mol. The largest absolute Gasteiger partial charge is 0.0993 e. The summed E-state index contributed by atoms with van der Waals surface area (Å²) < 4.78 is 0. The van der Waals surface area contributed by atoms with Crippen LogP contribution in [0.1, 0.15) is 105 Å². The minimum absolute atomic E-state index is 0.768. The predicted octanol–water partition coefficient (Wildman–Crippen LogP) is 8.83. The number of fused-ring (bicyclic) bond motifs is 2. The molecule has 0 aliphatic heterocycles. The quantitative estimate of drug-likeness (QED) is 0.367. The van der Waals surface area contributed by atoms with Gasteiger partial charge < -0.3 is 0 Å². The van der Waals surface area contributed by atoms with Crippen LogP contribution < -0.4 is 0 Å². The summed E-state index contributed by atoms with van der Waals surface area (Å²) in [6, 6.07) is 0. The van der Waals surface area contributed by atoms with Crippen molar-refractivity contribution < 1.29 is 0 Å². The van der Waals surface area contributed by atoms with E-state index in [-0.39, 0.29) is 0 Å². The Bertz CT molecular complexity index is 476. The Kier molecular flexibility index (Phi) is 7.91. The third-order valence-electron chi connectivity index (χ3n) is 8.61. The molecule has 28 heavy (non-hydrogen) atoms. The lowest BCUT2D eigenvalue weighted by Crippen LogP contribution is -2.42. The molecule has 0 aromatic rings. The molecule has 3 fully saturated rings. The molecule has 3 rings (SSSR count). The third kappa shape index (κ3) is 5.34. The Labute approximate surface area is 176 Å². The second-order valence-corrected chi connectivity index (χ2v) is 11.6. The molecule has 0 heterocycles. The highest BCUT2D eigenvalue weighted by atomic mass is 14.5. The second-order valence-electron chi connectivity index (χ2n) is 11.6. The summed E-state index contributed by atoms with van der Waals surface area (Å²) in [7, 11) is 0. The third-order valence-corrected chi connectivity index (χ3v) is 8.61. The van der Waals surface area contributed by atoms with Gasteiger partial charge in [-0.3, -0.25) is 0 Å². The van der Waals surface area contributed by atoms with E-state index in [0.717, 1.165) is 47.3 Å². The maximum Gasteiger partial charge on any atom is -0.0135 e. The monoisotopic (exact) mass is 384 g/mol. The van der Waals surface area contributed by atoms with Gasteiger partial charge in [-0.25, -0.2) is 0 Å². The molecular weight excluding hydrogens is 336 g/mol. The lowest BCUT2D eigenvalue weighted by atomic mass is 9.53. The first-order chi connectivity index (χ1) is 13.4. The van der Waals surface area contributed by atoms with Crippen molar-refractivity contribution in [1.82, 2.24) is 0 Å². The van der Waals surface area contributed by atoms with Crippen LogP contribution >= 0.6 is 0 Å². The lowest BCUT2D eigenvalue weighted by molar-refractivity contribution is 0.118. The highest BCUT2D eigenvalue weighted by molar-refractivity contribution is 5.28. The van der Waals surface area contributed by atoms with E-state index in [0.29, 0.717) is 0 Å². The fraction of sp³-hybridized carbons (Fsp3) is 0.857. The molecule has 0 spiro atoms. The summed E-state index contributed by atoms with van der Waals surface area (Å²) in [4.78, 5) is 0. The van der Waals surface area contributed by atoms with Crippen LogP contribution in [0.25, 0.3) is 0 Å². The van der Waals surface area contributed by atoms with E-state index in [1.807, 2.05) is 0 Å². The predicted molar refractivity (Wildman–Crippen MR) is 124 cm³/mol. The Morgan fingerprint density at radius 2 is 1.04 bits per heavy atom. The van der Waals surface area contributed by atoms with E-state index in [4.69, 9.17) is 13.2 Å². The van der Waals surface area contributed by atoms with Gasteiger partial charge in [-0.2, -0.15) is 0 Å². The maximum atomic E-state index is 4.73. The van der Waals surface area contributed by atoms with Gasteiger partial charge in [-0.05, 0) is 85.9 Å². The highest BCUT2D eigenvalue weighted by Crippen LogP contribution is 2.56. The van der Waals surface area contributed by atoms with Crippen LogP contribution in [-0.2, 0) is 0 Å². The normalized spacial score (nSPS) is 35.9. The maximum absolute atomic E-state index is 4.73. The summed E-state index contributed by atoms with van der Waals surface area (Å²) in [6.45, 7) is 18.9. The van der Waals surface area contributed by atoms with Crippen LogP contribution in [0.2, 0.25) is 0 Å². The van der Waals surface area contributed by atoms with Crippen molar-refractivity contribution in [3.05, 3.63) is 24.3 Å². The second kappa shape index (κ2) is 9.99. The smallest absolute Gasteiger partial charge is 0.0135 e. The first-order valence-electron chi connectivity index (χ1n) is 12.7. The van der Waals surface area contributed by atoms with E-state index in [9.17, 15) is 0 Å². The highest BCUT2D eigenvalue weighted by Gasteiger charge is 2.46. The molecule has 0 bridgehead atoms. The van der Waals surface area contributed by atoms with Gasteiger partial charge in [0.05, 0.1) is 0 Å².